The van der Waals surface area contributed by atoms with Crippen LogP contribution in [0.5, 0.6) is 0 Å². The third kappa shape index (κ3) is 4.98. The second-order valence-electron chi connectivity index (χ2n) is 7.22. The molecular weight excluding hydrogens is 404 g/mol. The maximum Gasteiger partial charge on any atom is 0.338 e. The number of rotatable bonds is 5. The van der Waals surface area contributed by atoms with E-state index in [1.54, 1.807) is 12.3 Å². The molecule has 0 atom stereocenters. The van der Waals surface area contributed by atoms with Gasteiger partial charge in [0, 0.05) is 62.6 Å². The van der Waals surface area contributed by atoms with Gasteiger partial charge in [0.25, 0.3) is 5.91 Å². The molecule has 3 heterocycles. The Balaban J connectivity index is 0.00000256. The molecule has 1 N–H and O–H groups in total. The van der Waals surface area contributed by atoms with Crippen LogP contribution >= 0.6 is 12.4 Å². The van der Waals surface area contributed by atoms with Gasteiger partial charge in [-0.05, 0) is 31.2 Å². The molecule has 0 saturated carbocycles. The Morgan fingerprint density at radius 3 is 2.63 bits per heavy atom. The Bertz CT molecular complexity index is 1060. The van der Waals surface area contributed by atoms with Crippen molar-refractivity contribution >= 4 is 35.0 Å². The number of halogens is 1. The summed E-state index contributed by atoms with van der Waals surface area (Å²) in [5, 5.41) is 4.25. The maximum atomic E-state index is 12.6. The van der Waals surface area contributed by atoms with Crippen LogP contribution in [0.1, 0.15) is 16.1 Å². The number of para-hydroxylation sites is 1. The molecule has 3 aromatic rings. The first-order valence-corrected chi connectivity index (χ1v) is 9.81. The predicted molar refractivity (Wildman–Crippen MR) is 120 cm³/mol. The number of hydrogen-bond acceptors (Lipinski definition) is 6. The number of hydrogen-bond donors (Lipinski definition) is 1. The van der Waals surface area contributed by atoms with E-state index in [9.17, 15) is 9.59 Å². The molecule has 0 unspecified atom stereocenters. The van der Waals surface area contributed by atoms with Gasteiger partial charge in [-0.1, -0.05) is 12.1 Å². The number of pyridine rings is 1. The van der Waals surface area contributed by atoms with Crippen LogP contribution in [0.15, 0.2) is 57.9 Å². The number of carbonyl (C=O) groups excluding carboxylic acids is 1. The number of anilines is 1. The topological polar surface area (TPSA) is 78.7 Å². The summed E-state index contributed by atoms with van der Waals surface area (Å²) in [5.41, 5.74) is 2.56. The van der Waals surface area contributed by atoms with Crippen molar-refractivity contribution in [3.8, 4) is 0 Å². The van der Waals surface area contributed by atoms with E-state index in [0.717, 1.165) is 36.4 Å². The van der Waals surface area contributed by atoms with Gasteiger partial charge in [0.2, 0.25) is 0 Å². The third-order valence-corrected chi connectivity index (χ3v) is 5.21. The standard InChI is InChI=1S/C22H24N4O3.ClH/c1-16-6-7-17(15-24-16)22(28)26-12-10-25(11-13-26)9-8-23-19-14-21(27)29-20-5-3-2-4-18(19)20;/h2-7,14-15,23H,8-13H2,1H3;1H. The quantitative estimate of drug-likeness (QED) is 0.629. The zero-order valence-electron chi connectivity index (χ0n) is 16.8. The second kappa shape index (κ2) is 9.73. The SMILES string of the molecule is Cc1ccc(C(=O)N2CCN(CCNc3cc(=O)oc4ccccc34)CC2)cn1.Cl. The van der Waals surface area contributed by atoms with Crippen LogP contribution in [-0.4, -0.2) is 60.0 Å². The highest BCUT2D eigenvalue weighted by Crippen LogP contribution is 2.20. The molecule has 4 rings (SSSR count). The maximum absolute atomic E-state index is 12.6. The normalized spacial score (nSPS) is 14.4. The molecule has 0 spiro atoms. The number of aromatic nitrogens is 1. The van der Waals surface area contributed by atoms with Crippen molar-refractivity contribution in [2.24, 2.45) is 0 Å². The molecular formula is C22H25ClN4O3. The number of aryl methyl sites for hydroxylation is 1. The van der Waals surface area contributed by atoms with E-state index >= 15 is 0 Å². The summed E-state index contributed by atoms with van der Waals surface area (Å²) >= 11 is 0. The zero-order chi connectivity index (χ0) is 20.2. The molecule has 158 valence electrons. The molecule has 2 aromatic heterocycles. The van der Waals surface area contributed by atoms with E-state index in [1.807, 2.05) is 42.2 Å². The molecule has 1 fully saturated rings. The first-order valence-electron chi connectivity index (χ1n) is 9.81. The average Bonchev–Trinajstić information content (AvgIpc) is 2.74. The minimum absolute atomic E-state index is 0. The van der Waals surface area contributed by atoms with Crippen LogP contribution in [0.2, 0.25) is 0 Å². The van der Waals surface area contributed by atoms with Crippen molar-refractivity contribution in [1.29, 1.82) is 0 Å². The lowest BCUT2D eigenvalue weighted by Gasteiger charge is -2.34. The zero-order valence-corrected chi connectivity index (χ0v) is 17.7. The van der Waals surface area contributed by atoms with Crippen LogP contribution in [0, 0.1) is 6.92 Å². The molecule has 0 bridgehead atoms. The van der Waals surface area contributed by atoms with E-state index in [1.165, 1.54) is 6.07 Å². The number of nitrogens with one attached hydrogen (secondary N) is 1. The molecule has 0 aliphatic carbocycles. The molecule has 8 heteroatoms. The highest BCUT2D eigenvalue weighted by atomic mass is 35.5. The number of amides is 1. The van der Waals surface area contributed by atoms with E-state index in [-0.39, 0.29) is 23.9 Å². The van der Waals surface area contributed by atoms with Gasteiger partial charge in [-0.2, -0.15) is 0 Å². The van der Waals surface area contributed by atoms with Gasteiger partial charge in [0.15, 0.2) is 0 Å². The summed E-state index contributed by atoms with van der Waals surface area (Å²) < 4.78 is 5.23. The van der Waals surface area contributed by atoms with Gasteiger partial charge in [0.1, 0.15) is 5.58 Å². The van der Waals surface area contributed by atoms with E-state index < -0.39 is 0 Å². The van der Waals surface area contributed by atoms with Crippen LogP contribution in [-0.2, 0) is 0 Å². The van der Waals surface area contributed by atoms with Crippen molar-refractivity contribution < 1.29 is 9.21 Å². The highest BCUT2D eigenvalue weighted by Gasteiger charge is 2.22. The van der Waals surface area contributed by atoms with Gasteiger partial charge in [0.05, 0.1) is 11.3 Å². The largest absolute Gasteiger partial charge is 0.423 e. The number of benzene rings is 1. The molecule has 7 nitrogen and oxygen atoms in total. The number of carbonyl (C=O) groups is 1. The Morgan fingerprint density at radius 2 is 1.90 bits per heavy atom. The molecule has 1 aliphatic heterocycles. The number of fused-ring (bicyclic) bond motifs is 1. The smallest absolute Gasteiger partial charge is 0.338 e. The lowest BCUT2D eigenvalue weighted by molar-refractivity contribution is 0.0641. The summed E-state index contributed by atoms with van der Waals surface area (Å²) in [6.07, 6.45) is 1.65. The fraction of sp³-hybridized carbons (Fsp3) is 0.318. The van der Waals surface area contributed by atoms with E-state index in [4.69, 9.17) is 4.42 Å². The average molecular weight is 429 g/mol. The van der Waals surface area contributed by atoms with Crippen LogP contribution in [0.3, 0.4) is 0 Å². The van der Waals surface area contributed by atoms with Crippen LogP contribution < -0.4 is 10.9 Å². The van der Waals surface area contributed by atoms with Gasteiger partial charge in [-0.15, -0.1) is 12.4 Å². The Hall–Kier alpha value is -2.90. The highest BCUT2D eigenvalue weighted by molar-refractivity contribution is 5.94. The monoisotopic (exact) mass is 428 g/mol. The van der Waals surface area contributed by atoms with Gasteiger partial charge < -0.3 is 14.6 Å². The molecule has 30 heavy (non-hydrogen) atoms. The fourth-order valence-corrected chi connectivity index (χ4v) is 3.56. The van der Waals surface area contributed by atoms with Crippen molar-refractivity contribution in [2.75, 3.05) is 44.6 Å². The number of piperazine rings is 1. The van der Waals surface area contributed by atoms with Crippen molar-refractivity contribution in [3.05, 3.63) is 70.3 Å². The van der Waals surface area contributed by atoms with Crippen molar-refractivity contribution in [2.45, 2.75) is 6.92 Å². The third-order valence-electron chi connectivity index (χ3n) is 5.21. The first-order chi connectivity index (χ1) is 14.1. The van der Waals surface area contributed by atoms with Gasteiger partial charge >= 0.3 is 5.63 Å². The Morgan fingerprint density at radius 1 is 1.13 bits per heavy atom. The van der Waals surface area contributed by atoms with Crippen molar-refractivity contribution in [3.63, 3.8) is 0 Å². The molecule has 1 amide bonds. The predicted octanol–water partition coefficient (Wildman–Crippen LogP) is 2.79. The fourth-order valence-electron chi connectivity index (χ4n) is 3.56. The van der Waals surface area contributed by atoms with E-state index in [0.29, 0.717) is 30.8 Å². The summed E-state index contributed by atoms with van der Waals surface area (Å²) in [4.78, 5) is 32.7. The minimum atomic E-state index is -0.357. The summed E-state index contributed by atoms with van der Waals surface area (Å²) in [6, 6.07) is 12.7. The van der Waals surface area contributed by atoms with E-state index in [2.05, 4.69) is 15.2 Å². The Labute approximate surface area is 181 Å². The molecule has 1 aliphatic rings. The van der Waals surface area contributed by atoms with Crippen molar-refractivity contribution in [1.82, 2.24) is 14.8 Å². The summed E-state index contributed by atoms with van der Waals surface area (Å²) in [7, 11) is 0. The van der Waals surface area contributed by atoms with Crippen LogP contribution in [0.4, 0.5) is 5.69 Å². The summed E-state index contributed by atoms with van der Waals surface area (Å²) in [6.45, 7) is 6.50. The summed E-state index contributed by atoms with van der Waals surface area (Å²) in [5.74, 6) is 0.0396. The molecule has 1 aromatic carbocycles. The molecule has 1 saturated heterocycles. The minimum Gasteiger partial charge on any atom is -0.423 e. The first kappa shape index (κ1) is 21.8. The second-order valence-corrected chi connectivity index (χ2v) is 7.22. The molecule has 0 radical (unpaired) electrons. The lowest BCUT2D eigenvalue weighted by atomic mass is 10.2. The number of nitrogens with zero attached hydrogens (tertiary/aromatic N) is 3. The Kier molecular flexibility index (Phi) is 7.07. The van der Waals surface area contributed by atoms with Gasteiger partial charge in [-0.3, -0.25) is 14.7 Å². The lowest BCUT2D eigenvalue weighted by Crippen LogP contribution is -2.49. The van der Waals surface area contributed by atoms with Crippen LogP contribution in [0.25, 0.3) is 11.0 Å². The van der Waals surface area contributed by atoms with Gasteiger partial charge in [-0.25, -0.2) is 4.79 Å².